The molecule has 0 aliphatic heterocycles. The van der Waals surface area contributed by atoms with Crippen LogP contribution in [-0.4, -0.2) is 20.4 Å². The molecule has 0 bridgehead atoms. The first-order valence-corrected chi connectivity index (χ1v) is 10.7. The number of rotatable bonds is 8. The van der Waals surface area contributed by atoms with E-state index in [0.717, 1.165) is 11.1 Å². The van der Waals surface area contributed by atoms with Crippen molar-refractivity contribution in [3.05, 3.63) is 65.7 Å². The van der Waals surface area contributed by atoms with Gasteiger partial charge in [-0.1, -0.05) is 68.3 Å². The van der Waals surface area contributed by atoms with Crippen LogP contribution in [0.3, 0.4) is 0 Å². The quantitative estimate of drug-likeness (QED) is 0.726. The van der Waals surface area contributed by atoms with Crippen LogP contribution < -0.4 is 10.0 Å². The Morgan fingerprint density at radius 2 is 1.59 bits per heavy atom. The Morgan fingerprint density at radius 1 is 1.00 bits per heavy atom. The fourth-order valence-electron chi connectivity index (χ4n) is 2.74. The van der Waals surface area contributed by atoms with Crippen molar-refractivity contribution in [1.82, 2.24) is 10.0 Å². The van der Waals surface area contributed by atoms with Crippen LogP contribution in [0.15, 0.2) is 59.5 Å². The molecule has 146 valence electrons. The Morgan fingerprint density at radius 3 is 2.15 bits per heavy atom. The summed E-state index contributed by atoms with van der Waals surface area (Å²) in [6.07, 6.45) is 0.675. The molecule has 0 heterocycles. The molecule has 2 aromatic carbocycles. The third-order valence-electron chi connectivity index (χ3n) is 4.77. The minimum atomic E-state index is -3.79. The summed E-state index contributed by atoms with van der Waals surface area (Å²) in [5.74, 6) is -0.468. The average molecular weight is 389 g/mol. The molecule has 1 amide bonds. The van der Waals surface area contributed by atoms with Gasteiger partial charge in [-0.3, -0.25) is 4.79 Å². The highest BCUT2D eigenvalue weighted by Crippen LogP contribution is 2.17. The first-order valence-electron chi connectivity index (χ1n) is 9.19. The SMILES string of the molecule is CC[C@H](C)[C@H](NS(=O)(=O)c1ccc(C)cc1)C(=O)N[C@H](C)c1ccccc1. The lowest BCUT2D eigenvalue weighted by molar-refractivity contribution is -0.124. The van der Waals surface area contributed by atoms with Crippen molar-refractivity contribution in [2.45, 2.75) is 51.1 Å². The van der Waals surface area contributed by atoms with Crippen LogP contribution in [0.2, 0.25) is 0 Å². The molecule has 0 fully saturated rings. The van der Waals surface area contributed by atoms with Gasteiger partial charge < -0.3 is 5.32 Å². The molecule has 5 nitrogen and oxygen atoms in total. The second-order valence-corrected chi connectivity index (χ2v) is 8.65. The van der Waals surface area contributed by atoms with Gasteiger partial charge in [0.05, 0.1) is 10.9 Å². The van der Waals surface area contributed by atoms with Crippen LogP contribution in [-0.2, 0) is 14.8 Å². The van der Waals surface area contributed by atoms with Gasteiger partial charge in [0.25, 0.3) is 0 Å². The fourth-order valence-corrected chi connectivity index (χ4v) is 4.05. The Balaban J connectivity index is 2.19. The van der Waals surface area contributed by atoms with E-state index in [0.29, 0.717) is 6.42 Å². The summed E-state index contributed by atoms with van der Waals surface area (Å²) in [5, 5.41) is 2.93. The van der Waals surface area contributed by atoms with E-state index in [2.05, 4.69) is 10.0 Å². The van der Waals surface area contributed by atoms with E-state index < -0.39 is 16.1 Å². The maximum atomic E-state index is 12.9. The van der Waals surface area contributed by atoms with Crippen LogP contribution in [0.5, 0.6) is 0 Å². The zero-order chi connectivity index (χ0) is 20.0. The molecule has 2 rings (SSSR count). The number of carbonyl (C=O) groups is 1. The van der Waals surface area contributed by atoms with Crippen molar-refractivity contribution in [2.24, 2.45) is 5.92 Å². The molecular weight excluding hydrogens is 360 g/mol. The van der Waals surface area contributed by atoms with E-state index in [1.165, 1.54) is 0 Å². The molecule has 0 saturated heterocycles. The first-order chi connectivity index (χ1) is 12.7. The van der Waals surface area contributed by atoms with Crippen LogP contribution in [0.1, 0.15) is 44.4 Å². The predicted molar refractivity (Wildman–Crippen MR) is 108 cm³/mol. The molecule has 0 saturated carbocycles. The Kier molecular flexibility index (Phi) is 7.16. The van der Waals surface area contributed by atoms with Gasteiger partial charge in [0.2, 0.25) is 15.9 Å². The van der Waals surface area contributed by atoms with Gasteiger partial charge in [0.1, 0.15) is 6.04 Å². The first kappa shape index (κ1) is 21.1. The van der Waals surface area contributed by atoms with E-state index in [-0.39, 0.29) is 22.8 Å². The molecule has 0 radical (unpaired) electrons. The molecule has 0 aliphatic rings. The smallest absolute Gasteiger partial charge is 0.241 e. The molecular formula is C21H28N2O3S. The van der Waals surface area contributed by atoms with Crippen LogP contribution in [0, 0.1) is 12.8 Å². The van der Waals surface area contributed by atoms with E-state index in [9.17, 15) is 13.2 Å². The van der Waals surface area contributed by atoms with Crippen LogP contribution >= 0.6 is 0 Å². The lowest BCUT2D eigenvalue weighted by atomic mass is 9.98. The van der Waals surface area contributed by atoms with E-state index >= 15 is 0 Å². The molecule has 3 atom stereocenters. The van der Waals surface area contributed by atoms with Gasteiger partial charge in [-0.15, -0.1) is 0 Å². The van der Waals surface area contributed by atoms with Gasteiger partial charge in [-0.05, 0) is 37.5 Å². The van der Waals surface area contributed by atoms with E-state index in [1.807, 2.05) is 58.0 Å². The molecule has 0 aliphatic carbocycles. The van der Waals surface area contributed by atoms with Crippen LogP contribution in [0.4, 0.5) is 0 Å². The highest BCUT2D eigenvalue weighted by molar-refractivity contribution is 7.89. The summed E-state index contributed by atoms with van der Waals surface area (Å²) in [7, 11) is -3.79. The molecule has 0 spiro atoms. The molecule has 0 unspecified atom stereocenters. The Labute approximate surface area is 162 Å². The summed E-state index contributed by atoms with van der Waals surface area (Å²) in [6.45, 7) is 7.58. The monoisotopic (exact) mass is 388 g/mol. The second kappa shape index (κ2) is 9.15. The lowest BCUT2D eigenvalue weighted by Crippen LogP contribution is -2.50. The zero-order valence-corrected chi connectivity index (χ0v) is 17.1. The van der Waals surface area contributed by atoms with Crippen molar-refractivity contribution in [3.8, 4) is 0 Å². The summed E-state index contributed by atoms with van der Waals surface area (Å²) >= 11 is 0. The van der Waals surface area contributed by atoms with Crippen molar-refractivity contribution in [2.75, 3.05) is 0 Å². The maximum absolute atomic E-state index is 12.9. The normalized spacial score (nSPS) is 15.0. The minimum absolute atomic E-state index is 0.145. The lowest BCUT2D eigenvalue weighted by Gasteiger charge is -2.25. The zero-order valence-electron chi connectivity index (χ0n) is 16.3. The largest absolute Gasteiger partial charge is 0.348 e. The number of hydrogen-bond donors (Lipinski definition) is 2. The molecule has 2 aromatic rings. The molecule has 0 aromatic heterocycles. The Hall–Kier alpha value is -2.18. The second-order valence-electron chi connectivity index (χ2n) is 6.94. The Bertz CT molecular complexity index is 849. The third kappa shape index (κ3) is 5.65. The van der Waals surface area contributed by atoms with Gasteiger partial charge in [0.15, 0.2) is 0 Å². The van der Waals surface area contributed by atoms with Crippen molar-refractivity contribution in [3.63, 3.8) is 0 Å². The number of amides is 1. The van der Waals surface area contributed by atoms with Gasteiger partial charge in [0, 0.05) is 0 Å². The number of sulfonamides is 1. The van der Waals surface area contributed by atoms with Crippen molar-refractivity contribution >= 4 is 15.9 Å². The highest BCUT2D eigenvalue weighted by Gasteiger charge is 2.30. The number of aryl methyl sites for hydroxylation is 1. The van der Waals surface area contributed by atoms with Gasteiger partial charge in [-0.25, -0.2) is 8.42 Å². The number of nitrogens with one attached hydrogen (secondary N) is 2. The summed E-state index contributed by atoms with van der Waals surface area (Å²) in [4.78, 5) is 13.0. The van der Waals surface area contributed by atoms with Gasteiger partial charge in [-0.2, -0.15) is 4.72 Å². The number of carbonyl (C=O) groups excluding carboxylic acids is 1. The predicted octanol–water partition coefficient (Wildman–Crippen LogP) is 3.57. The summed E-state index contributed by atoms with van der Waals surface area (Å²) in [6, 6.07) is 15.1. The molecule has 6 heteroatoms. The van der Waals surface area contributed by atoms with Crippen LogP contribution in [0.25, 0.3) is 0 Å². The standard InChI is InChI=1S/C21H28N2O3S/c1-5-16(3)20(21(24)22-17(4)18-9-7-6-8-10-18)23-27(25,26)19-13-11-15(2)12-14-19/h6-14,16-17,20,23H,5H2,1-4H3,(H,22,24)/t16-,17+,20-/m0/s1. The fraction of sp³-hybridized carbons (Fsp3) is 0.381. The average Bonchev–Trinajstić information content (AvgIpc) is 2.66. The van der Waals surface area contributed by atoms with E-state index in [4.69, 9.17) is 0 Å². The number of benzene rings is 2. The summed E-state index contributed by atoms with van der Waals surface area (Å²) in [5.41, 5.74) is 1.94. The summed E-state index contributed by atoms with van der Waals surface area (Å²) < 4.78 is 28.1. The van der Waals surface area contributed by atoms with Crippen molar-refractivity contribution < 1.29 is 13.2 Å². The third-order valence-corrected chi connectivity index (χ3v) is 6.22. The number of hydrogen-bond acceptors (Lipinski definition) is 3. The maximum Gasteiger partial charge on any atom is 0.241 e. The molecule has 27 heavy (non-hydrogen) atoms. The topological polar surface area (TPSA) is 75.3 Å². The minimum Gasteiger partial charge on any atom is -0.348 e. The molecule has 2 N–H and O–H groups in total. The van der Waals surface area contributed by atoms with E-state index in [1.54, 1.807) is 24.3 Å². The van der Waals surface area contributed by atoms with Gasteiger partial charge >= 0.3 is 0 Å². The highest BCUT2D eigenvalue weighted by atomic mass is 32.2. The van der Waals surface area contributed by atoms with Crippen molar-refractivity contribution in [1.29, 1.82) is 0 Å².